The third-order valence-corrected chi connectivity index (χ3v) is 5.64. The Labute approximate surface area is 171 Å². The first kappa shape index (κ1) is 17.5. The van der Waals surface area contributed by atoms with E-state index in [2.05, 4.69) is 35.8 Å². The summed E-state index contributed by atoms with van der Waals surface area (Å²) in [4.78, 5) is 4.41. The van der Waals surface area contributed by atoms with Crippen molar-refractivity contribution in [3.05, 3.63) is 43.0 Å². The molecule has 0 radical (unpaired) electrons. The number of hydrogen-bond donors (Lipinski definition) is 2. The maximum atomic E-state index is 6.01. The van der Waals surface area contributed by atoms with Crippen molar-refractivity contribution in [2.45, 2.75) is 31.0 Å². The van der Waals surface area contributed by atoms with Gasteiger partial charge in [-0.25, -0.2) is 9.67 Å². The molecule has 2 saturated heterocycles. The first-order valence-corrected chi connectivity index (χ1v) is 10.00. The third kappa shape index (κ3) is 3.10. The lowest BCUT2D eigenvalue weighted by atomic mass is 9.95. The van der Waals surface area contributed by atoms with Crippen LogP contribution in [0.5, 0.6) is 6.01 Å². The van der Waals surface area contributed by atoms with Crippen LogP contribution in [0.1, 0.15) is 12.8 Å². The number of benzene rings is 1. The van der Waals surface area contributed by atoms with Gasteiger partial charge in [-0.15, -0.1) is 5.10 Å². The van der Waals surface area contributed by atoms with Gasteiger partial charge >= 0.3 is 6.01 Å². The van der Waals surface area contributed by atoms with Crippen LogP contribution in [0.25, 0.3) is 27.8 Å². The Morgan fingerprint density at radius 2 is 2.00 bits per heavy atom. The van der Waals surface area contributed by atoms with Gasteiger partial charge in [0.05, 0.1) is 36.8 Å². The average Bonchev–Trinajstić information content (AvgIpc) is 3.46. The van der Waals surface area contributed by atoms with Crippen LogP contribution in [0.4, 0.5) is 0 Å². The Morgan fingerprint density at radius 3 is 2.77 bits per heavy atom. The van der Waals surface area contributed by atoms with E-state index in [9.17, 15) is 0 Å². The lowest BCUT2D eigenvalue weighted by Crippen LogP contribution is -2.56. The second kappa shape index (κ2) is 7.15. The minimum absolute atomic E-state index is 0.0757. The number of morpholine rings is 1. The van der Waals surface area contributed by atoms with E-state index in [0.29, 0.717) is 23.8 Å². The van der Waals surface area contributed by atoms with E-state index in [0.717, 1.165) is 48.2 Å². The molecule has 3 aromatic heterocycles. The Bertz CT molecular complexity index is 1150. The highest BCUT2D eigenvalue weighted by Gasteiger charge is 2.33. The lowest BCUT2D eigenvalue weighted by Gasteiger charge is -2.39. The Kier molecular flexibility index (Phi) is 4.17. The minimum Gasteiger partial charge on any atom is -0.459 e. The number of piperidine rings is 1. The fourth-order valence-electron chi connectivity index (χ4n) is 4.32. The van der Waals surface area contributed by atoms with Crippen molar-refractivity contribution < 1.29 is 9.47 Å². The zero-order chi connectivity index (χ0) is 19.9. The zero-order valence-electron chi connectivity index (χ0n) is 16.1. The van der Waals surface area contributed by atoms with Crippen molar-refractivity contribution >= 4 is 10.9 Å². The standard InChI is InChI=1S/C20H20N8O2/c1-4-23-28(5-1)18-3-2-15(16-8-22-26-19(16)18)17-9-21-20(27-25-17)30-14-6-12-10-29-11-13(7-14)24-12/h1-5,8-9,12-14,24H,6-7,10-11H2,(H,22,26)/t12-,13-/m1/s1. The maximum Gasteiger partial charge on any atom is 0.335 e. The Hall–Kier alpha value is -3.37. The molecular weight excluding hydrogens is 384 g/mol. The van der Waals surface area contributed by atoms with E-state index < -0.39 is 0 Å². The molecule has 0 saturated carbocycles. The van der Waals surface area contributed by atoms with E-state index in [1.165, 1.54) is 0 Å². The molecule has 30 heavy (non-hydrogen) atoms. The summed E-state index contributed by atoms with van der Waals surface area (Å²) in [7, 11) is 0. The molecule has 0 spiro atoms. The molecule has 2 atom stereocenters. The quantitative estimate of drug-likeness (QED) is 0.526. The summed E-state index contributed by atoms with van der Waals surface area (Å²) in [5.41, 5.74) is 3.35. The highest BCUT2D eigenvalue weighted by molar-refractivity contribution is 5.97. The monoisotopic (exact) mass is 404 g/mol. The van der Waals surface area contributed by atoms with Gasteiger partial charge in [-0.3, -0.25) is 5.10 Å². The molecule has 2 bridgehead atoms. The average molecular weight is 404 g/mol. The fourth-order valence-corrected chi connectivity index (χ4v) is 4.32. The largest absolute Gasteiger partial charge is 0.459 e. The number of rotatable bonds is 4. The molecule has 0 amide bonds. The van der Waals surface area contributed by atoms with E-state index in [1.54, 1.807) is 23.3 Å². The van der Waals surface area contributed by atoms with Crippen LogP contribution < -0.4 is 10.1 Å². The first-order chi connectivity index (χ1) is 14.8. The van der Waals surface area contributed by atoms with Gasteiger partial charge in [-0.05, 0) is 18.2 Å². The zero-order valence-corrected chi connectivity index (χ0v) is 16.1. The second-order valence-electron chi connectivity index (χ2n) is 7.68. The molecule has 10 nitrogen and oxygen atoms in total. The van der Waals surface area contributed by atoms with Gasteiger partial charge in [-0.2, -0.15) is 10.2 Å². The van der Waals surface area contributed by atoms with Crippen LogP contribution in [-0.2, 0) is 4.74 Å². The molecule has 2 fully saturated rings. The summed E-state index contributed by atoms with van der Waals surface area (Å²) < 4.78 is 13.4. The van der Waals surface area contributed by atoms with Crippen LogP contribution in [0.15, 0.2) is 43.0 Å². The van der Waals surface area contributed by atoms with E-state index in [4.69, 9.17) is 9.47 Å². The van der Waals surface area contributed by atoms with Crippen molar-refractivity contribution in [3.63, 3.8) is 0 Å². The molecule has 2 N–H and O–H groups in total. The molecule has 2 aliphatic rings. The van der Waals surface area contributed by atoms with Crippen LogP contribution in [0, 0.1) is 0 Å². The molecule has 0 unspecified atom stereocenters. The second-order valence-corrected chi connectivity index (χ2v) is 7.68. The lowest BCUT2D eigenvalue weighted by molar-refractivity contribution is -0.0145. The molecule has 6 rings (SSSR count). The number of H-pyrrole nitrogens is 1. The molecule has 2 aliphatic heterocycles. The summed E-state index contributed by atoms with van der Waals surface area (Å²) >= 11 is 0. The van der Waals surface area contributed by atoms with Gasteiger partial charge in [0.15, 0.2) is 0 Å². The predicted octanol–water partition coefficient (Wildman–Crippen LogP) is 1.50. The molecule has 5 heterocycles. The molecule has 0 aliphatic carbocycles. The number of aromatic nitrogens is 7. The number of nitrogens with one attached hydrogen (secondary N) is 2. The molecular formula is C20H20N8O2. The highest BCUT2D eigenvalue weighted by Crippen LogP contribution is 2.30. The van der Waals surface area contributed by atoms with Crippen LogP contribution in [0.3, 0.4) is 0 Å². The van der Waals surface area contributed by atoms with Gasteiger partial charge in [0.25, 0.3) is 0 Å². The van der Waals surface area contributed by atoms with Gasteiger partial charge in [0.1, 0.15) is 11.8 Å². The first-order valence-electron chi connectivity index (χ1n) is 10.00. The van der Waals surface area contributed by atoms with Crippen LogP contribution in [0.2, 0.25) is 0 Å². The summed E-state index contributed by atoms with van der Waals surface area (Å²) in [6, 6.07) is 6.81. The number of hydrogen-bond acceptors (Lipinski definition) is 8. The van der Waals surface area contributed by atoms with E-state index in [-0.39, 0.29) is 6.10 Å². The number of aromatic amines is 1. The minimum atomic E-state index is 0.0757. The van der Waals surface area contributed by atoms with Crippen molar-refractivity contribution in [3.8, 4) is 23.0 Å². The molecule has 4 aromatic rings. The predicted molar refractivity (Wildman–Crippen MR) is 107 cm³/mol. The van der Waals surface area contributed by atoms with Gasteiger partial charge in [0, 0.05) is 48.3 Å². The SMILES string of the molecule is c1cnn(-c2ccc(-c3cnc(OC4C[C@@H]5COC[C@@H](C4)N5)nn3)c3cn[nH]c23)c1. The van der Waals surface area contributed by atoms with Gasteiger partial charge < -0.3 is 14.8 Å². The third-order valence-electron chi connectivity index (χ3n) is 5.64. The van der Waals surface area contributed by atoms with Crippen molar-refractivity contribution in [2.75, 3.05) is 13.2 Å². The Balaban J connectivity index is 1.25. The van der Waals surface area contributed by atoms with Crippen LogP contribution in [-0.4, -0.2) is 66.6 Å². The van der Waals surface area contributed by atoms with Crippen molar-refractivity contribution in [1.82, 2.24) is 40.5 Å². The van der Waals surface area contributed by atoms with Gasteiger partial charge in [-0.1, -0.05) is 5.10 Å². The normalized spacial score (nSPS) is 23.5. The number of ether oxygens (including phenoxy) is 2. The van der Waals surface area contributed by atoms with E-state index >= 15 is 0 Å². The number of fused-ring (bicyclic) bond motifs is 3. The number of nitrogens with zero attached hydrogens (tertiary/aromatic N) is 6. The maximum absolute atomic E-state index is 6.01. The highest BCUT2D eigenvalue weighted by atomic mass is 16.5. The van der Waals surface area contributed by atoms with Crippen LogP contribution >= 0.6 is 0 Å². The molecule has 1 aromatic carbocycles. The molecule has 152 valence electrons. The van der Waals surface area contributed by atoms with Crippen molar-refractivity contribution in [1.29, 1.82) is 0 Å². The summed E-state index contributed by atoms with van der Waals surface area (Å²) in [5, 5.41) is 24.6. The summed E-state index contributed by atoms with van der Waals surface area (Å²) in [5.74, 6) is 0. The van der Waals surface area contributed by atoms with Gasteiger partial charge in [0.2, 0.25) is 0 Å². The fraction of sp³-hybridized carbons (Fsp3) is 0.350. The summed E-state index contributed by atoms with van der Waals surface area (Å²) in [6.07, 6.45) is 8.95. The van der Waals surface area contributed by atoms with E-state index in [1.807, 2.05) is 24.4 Å². The molecule has 10 heteroatoms. The van der Waals surface area contributed by atoms with Crippen molar-refractivity contribution in [2.24, 2.45) is 0 Å². The Morgan fingerprint density at radius 1 is 1.10 bits per heavy atom. The summed E-state index contributed by atoms with van der Waals surface area (Å²) in [6.45, 7) is 1.45. The smallest absolute Gasteiger partial charge is 0.335 e. The topological polar surface area (TPSA) is 116 Å².